The summed E-state index contributed by atoms with van der Waals surface area (Å²) in [7, 11) is 2.06. The first-order valence-corrected chi connectivity index (χ1v) is 8.00. The van der Waals surface area contributed by atoms with Crippen molar-refractivity contribution in [3.05, 3.63) is 20.8 Å². The summed E-state index contributed by atoms with van der Waals surface area (Å²) in [4.78, 5) is 1.46. The van der Waals surface area contributed by atoms with E-state index >= 15 is 0 Å². The van der Waals surface area contributed by atoms with E-state index in [1.165, 1.54) is 35.2 Å². The molecule has 0 aromatic carbocycles. The second-order valence-corrected chi connectivity index (χ2v) is 6.95. The summed E-state index contributed by atoms with van der Waals surface area (Å²) in [5.74, 6) is 0. The molecule has 1 fully saturated rings. The predicted molar refractivity (Wildman–Crippen MR) is 78.8 cm³/mol. The molecule has 2 rings (SSSR count). The number of thiophene rings is 1. The van der Waals surface area contributed by atoms with Crippen molar-refractivity contribution < 1.29 is 0 Å². The topological polar surface area (TPSA) is 24.1 Å². The average Bonchev–Trinajstić information content (AvgIpc) is 2.66. The number of nitrogens with one attached hydrogen (secondary N) is 2. The highest BCUT2D eigenvalue weighted by atomic mass is 79.9. The van der Waals surface area contributed by atoms with Gasteiger partial charge in [0.05, 0.1) is 0 Å². The summed E-state index contributed by atoms with van der Waals surface area (Å²) < 4.78 is 1.21. The Hall–Kier alpha value is 0.1000. The lowest BCUT2D eigenvalue weighted by atomic mass is 9.68. The van der Waals surface area contributed by atoms with Gasteiger partial charge in [-0.25, -0.2) is 0 Å². The van der Waals surface area contributed by atoms with Crippen molar-refractivity contribution in [2.24, 2.45) is 5.41 Å². The van der Waals surface area contributed by atoms with Crippen LogP contribution < -0.4 is 10.6 Å². The van der Waals surface area contributed by atoms with Gasteiger partial charge < -0.3 is 10.6 Å². The highest BCUT2D eigenvalue weighted by Crippen LogP contribution is 2.39. The van der Waals surface area contributed by atoms with Crippen LogP contribution in [0.15, 0.2) is 15.9 Å². The third-order valence-corrected chi connectivity index (χ3v) is 5.39. The van der Waals surface area contributed by atoms with Crippen molar-refractivity contribution in [3.63, 3.8) is 0 Å². The van der Waals surface area contributed by atoms with Gasteiger partial charge in [-0.2, -0.15) is 0 Å². The molecule has 1 aromatic rings. The zero-order valence-corrected chi connectivity index (χ0v) is 12.8. The molecule has 17 heavy (non-hydrogen) atoms. The number of halogens is 1. The minimum atomic E-state index is 0.546. The zero-order chi connectivity index (χ0) is 12.1. The van der Waals surface area contributed by atoms with Gasteiger partial charge in [0.25, 0.3) is 0 Å². The molecule has 96 valence electrons. The Morgan fingerprint density at radius 3 is 2.76 bits per heavy atom. The maximum Gasteiger partial charge on any atom is 0.0285 e. The molecule has 0 spiro atoms. The second-order valence-electron chi connectivity index (χ2n) is 5.04. The molecular formula is C13H21BrN2S. The van der Waals surface area contributed by atoms with E-state index in [1.807, 2.05) is 11.3 Å². The van der Waals surface area contributed by atoms with E-state index < -0.39 is 0 Å². The van der Waals surface area contributed by atoms with Crippen LogP contribution in [-0.2, 0) is 6.42 Å². The van der Waals surface area contributed by atoms with Gasteiger partial charge in [-0.1, -0.05) is 6.42 Å². The summed E-state index contributed by atoms with van der Waals surface area (Å²) in [5, 5.41) is 9.11. The first-order chi connectivity index (χ1) is 8.24. The molecule has 0 unspecified atom stereocenters. The van der Waals surface area contributed by atoms with E-state index in [4.69, 9.17) is 0 Å². The fourth-order valence-corrected chi connectivity index (χ4v) is 3.97. The van der Waals surface area contributed by atoms with Crippen LogP contribution in [0.5, 0.6) is 0 Å². The number of rotatable bonds is 7. The molecule has 1 aliphatic carbocycles. The Kier molecular flexibility index (Phi) is 5.03. The summed E-state index contributed by atoms with van der Waals surface area (Å²) in [6.45, 7) is 3.42. The third-order valence-electron chi connectivity index (χ3n) is 3.64. The molecule has 0 radical (unpaired) electrons. The summed E-state index contributed by atoms with van der Waals surface area (Å²) >= 11 is 5.33. The first kappa shape index (κ1) is 13.5. The van der Waals surface area contributed by atoms with Crippen molar-refractivity contribution in [1.29, 1.82) is 0 Å². The van der Waals surface area contributed by atoms with Gasteiger partial charge in [0.15, 0.2) is 0 Å². The molecule has 0 saturated heterocycles. The molecule has 1 aromatic heterocycles. The van der Waals surface area contributed by atoms with Crippen LogP contribution in [0.1, 0.15) is 24.1 Å². The first-order valence-electron chi connectivity index (χ1n) is 6.32. The molecule has 2 nitrogen and oxygen atoms in total. The molecule has 1 saturated carbocycles. The lowest BCUT2D eigenvalue weighted by molar-refractivity contribution is 0.131. The SMILES string of the molecule is CNCC1(CNCCc2cc(Br)cs2)CCC1. The minimum absolute atomic E-state index is 0.546. The van der Waals surface area contributed by atoms with Crippen molar-refractivity contribution in [2.45, 2.75) is 25.7 Å². The van der Waals surface area contributed by atoms with Gasteiger partial charge in [-0.05, 0) is 60.3 Å². The molecule has 2 N–H and O–H groups in total. The van der Waals surface area contributed by atoms with Crippen molar-refractivity contribution in [1.82, 2.24) is 10.6 Å². The molecule has 0 aliphatic heterocycles. The lowest BCUT2D eigenvalue weighted by Gasteiger charge is -2.42. The van der Waals surface area contributed by atoms with Crippen LogP contribution in [0.2, 0.25) is 0 Å². The Morgan fingerprint density at radius 2 is 2.24 bits per heavy atom. The van der Waals surface area contributed by atoms with Crippen LogP contribution >= 0.6 is 27.3 Å². The van der Waals surface area contributed by atoms with E-state index in [0.29, 0.717) is 5.41 Å². The van der Waals surface area contributed by atoms with Crippen LogP contribution in [0, 0.1) is 5.41 Å². The van der Waals surface area contributed by atoms with Gasteiger partial charge in [-0.15, -0.1) is 11.3 Å². The molecule has 4 heteroatoms. The Labute approximate surface area is 116 Å². The van der Waals surface area contributed by atoms with E-state index in [2.05, 4.69) is 45.1 Å². The third kappa shape index (κ3) is 3.78. The summed E-state index contributed by atoms with van der Waals surface area (Å²) in [5.41, 5.74) is 0.546. The van der Waals surface area contributed by atoms with Crippen molar-refractivity contribution in [3.8, 4) is 0 Å². The largest absolute Gasteiger partial charge is 0.319 e. The van der Waals surface area contributed by atoms with Gasteiger partial charge in [0.1, 0.15) is 0 Å². The van der Waals surface area contributed by atoms with Crippen LogP contribution in [-0.4, -0.2) is 26.7 Å². The van der Waals surface area contributed by atoms with Gasteiger partial charge >= 0.3 is 0 Å². The fraction of sp³-hybridized carbons (Fsp3) is 0.692. The maximum atomic E-state index is 3.62. The summed E-state index contributed by atoms with van der Waals surface area (Å²) in [6, 6.07) is 2.22. The Balaban J connectivity index is 1.65. The number of hydrogen-bond donors (Lipinski definition) is 2. The highest BCUT2D eigenvalue weighted by molar-refractivity contribution is 9.10. The molecule has 0 bridgehead atoms. The zero-order valence-electron chi connectivity index (χ0n) is 10.4. The van der Waals surface area contributed by atoms with Crippen LogP contribution in [0.25, 0.3) is 0 Å². The smallest absolute Gasteiger partial charge is 0.0285 e. The standard InChI is InChI=1S/C13H21BrN2S/c1-15-9-13(4-2-5-13)10-16-6-3-12-7-11(14)8-17-12/h7-8,15-16H,2-6,9-10H2,1H3. The van der Waals surface area contributed by atoms with Gasteiger partial charge in [0, 0.05) is 27.8 Å². The number of hydrogen-bond acceptors (Lipinski definition) is 3. The van der Waals surface area contributed by atoms with Crippen molar-refractivity contribution in [2.75, 3.05) is 26.7 Å². The molecule has 1 aliphatic rings. The average molecular weight is 317 g/mol. The van der Waals surface area contributed by atoms with Gasteiger partial charge in [0.2, 0.25) is 0 Å². The van der Waals surface area contributed by atoms with Crippen LogP contribution in [0.4, 0.5) is 0 Å². The Morgan fingerprint density at radius 1 is 1.41 bits per heavy atom. The maximum absolute atomic E-state index is 3.62. The quantitative estimate of drug-likeness (QED) is 0.756. The lowest BCUT2D eigenvalue weighted by Crippen LogP contribution is -2.46. The van der Waals surface area contributed by atoms with E-state index in [9.17, 15) is 0 Å². The predicted octanol–water partition coefficient (Wildman–Crippen LogP) is 3.03. The van der Waals surface area contributed by atoms with E-state index in [1.54, 1.807) is 0 Å². The molecular weight excluding hydrogens is 296 g/mol. The van der Waals surface area contributed by atoms with Crippen molar-refractivity contribution >= 4 is 27.3 Å². The van der Waals surface area contributed by atoms with E-state index in [0.717, 1.165) is 19.5 Å². The monoisotopic (exact) mass is 316 g/mol. The fourth-order valence-electron chi connectivity index (χ4n) is 2.52. The molecule has 1 heterocycles. The normalized spacial score (nSPS) is 18.0. The van der Waals surface area contributed by atoms with E-state index in [-0.39, 0.29) is 0 Å². The Bertz CT molecular complexity index is 347. The molecule has 0 atom stereocenters. The van der Waals surface area contributed by atoms with Crippen LogP contribution in [0.3, 0.4) is 0 Å². The second kappa shape index (κ2) is 6.32. The minimum Gasteiger partial charge on any atom is -0.319 e. The summed E-state index contributed by atoms with van der Waals surface area (Å²) in [6.07, 6.45) is 5.31. The highest BCUT2D eigenvalue weighted by Gasteiger charge is 2.35. The van der Waals surface area contributed by atoms with Gasteiger partial charge in [-0.3, -0.25) is 0 Å². The molecule has 0 amide bonds.